The van der Waals surface area contributed by atoms with Gasteiger partial charge in [-0.3, -0.25) is 10.1 Å². The van der Waals surface area contributed by atoms with Crippen molar-refractivity contribution >= 4 is 5.91 Å². The summed E-state index contributed by atoms with van der Waals surface area (Å²) in [4.78, 5) is 14.0. The molecule has 1 amide bonds. The van der Waals surface area contributed by atoms with Crippen molar-refractivity contribution in [3.63, 3.8) is 0 Å². The Morgan fingerprint density at radius 2 is 1.94 bits per heavy atom. The minimum Gasteiger partial charge on any atom is -0.326 e. The summed E-state index contributed by atoms with van der Waals surface area (Å²) in [5.74, 6) is 0.277. The Bertz CT molecular complexity index is 271. The minimum atomic E-state index is 0.00203. The molecule has 0 bridgehead atoms. The average Bonchev–Trinajstić information content (AvgIpc) is 2.46. The Morgan fingerprint density at radius 1 is 1.31 bits per heavy atom. The smallest absolute Gasteiger partial charge is 0.240 e. The van der Waals surface area contributed by atoms with E-state index in [-0.39, 0.29) is 18.1 Å². The van der Waals surface area contributed by atoms with Gasteiger partial charge < -0.3 is 4.90 Å². The van der Waals surface area contributed by atoms with Gasteiger partial charge in [0.25, 0.3) is 0 Å². The van der Waals surface area contributed by atoms with Gasteiger partial charge in [0.05, 0.1) is 12.2 Å². The predicted octanol–water partition coefficient (Wildman–Crippen LogP) is 2.12. The van der Waals surface area contributed by atoms with E-state index in [2.05, 4.69) is 19.2 Å². The molecule has 2 unspecified atom stereocenters. The summed E-state index contributed by atoms with van der Waals surface area (Å²) >= 11 is 0. The molecule has 2 fully saturated rings. The molecule has 2 atom stereocenters. The first-order chi connectivity index (χ1) is 7.52. The van der Waals surface area contributed by atoms with Crippen LogP contribution in [0.1, 0.15) is 52.9 Å². The monoisotopic (exact) mass is 224 g/mol. The van der Waals surface area contributed by atoms with Crippen LogP contribution in [-0.4, -0.2) is 29.6 Å². The number of carbonyl (C=O) groups is 1. The van der Waals surface area contributed by atoms with E-state index in [1.807, 2.05) is 11.8 Å². The molecule has 1 N–H and O–H groups in total. The molecule has 0 radical (unpaired) electrons. The molecule has 1 saturated heterocycles. The Labute approximate surface area is 98.6 Å². The molecule has 16 heavy (non-hydrogen) atoms. The van der Waals surface area contributed by atoms with Gasteiger partial charge in [-0.05, 0) is 32.1 Å². The summed E-state index contributed by atoms with van der Waals surface area (Å²) in [6.07, 6.45) is 6.79. The van der Waals surface area contributed by atoms with E-state index in [4.69, 9.17) is 0 Å². The van der Waals surface area contributed by atoms with Crippen molar-refractivity contribution in [1.29, 1.82) is 0 Å². The second-order valence-electron chi connectivity index (χ2n) is 5.90. The number of amides is 1. The van der Waals surface area contributed by atoms with Crippen molar-refractivity contribution in [2.24, 2.45) is 5.41 Å². The predicted molar refractivity (Wildman–Crippen MR) is 65.0 cm³/mol. The van der Waals surface area contributed by atoms with Crippen molar-refractivity contribution in [2.75, 3.05) is 6.54 Å². The number of hydrogen-bond donors (Lipinski definition) is 1. The van der Waals surface area contributed by atoms with Crippen molar-refractivity contribution < 1.29 is 4.79 Å². The van der Waals surface area contributed by atoms with Crippen LogP contribution < -0.4 is 5.32 Å². The largest absolute Gasteiger partial charge is 0.326 e. The van der Waals surface area contributed by atoms with Gasteiger partial charge in [-0.2, -0.15) is 0 Å². The molecule has 3 nitrogen and oxygen atoms in total. The molecule has 0 spiro atoms. The zero-order valence-electron chi connectivity index (χ0n) is 10.8. The summed E-state index contributed by atoms with van der Waals surface area (Å²) in [6, 6.07) is 0.00203. The van der Waals surface area contributed by atoms with Crippen molar-refractivity contribution in [3.05, 3.63) is 0 Å². The summed E-state index contributed by atoms with van der Waals surface area (Å²) in [7, 11) is 0. The molecule has 1 aliphatic heterocycles. The molecule has 0 aromatic carbocycles. The van der Waals surface area contributed by atoms with Gasteiger partial charge in [0, 0.05) is 6.54 Å². The third-order valence-electron chi connectivity index (χ3n) is 4.22. The summed E-state index contributed by atoms with van der Waals surface area (Å²) in [5.41, 5.74) is 0.355. The standard InChI is InChI=1S/C13H24N2O/c1-10-12(16)15(11(2)14-10)9-13(3)7-5-4-6-8-13/h10-11,14H,4-9H2,1-3H3. The quantitative estimate of drug-likeness (QED) is 0.779. The van der Waals surface area contributed by atoms with Gasteiger partial charge in [-0.15, -0.1) is 0 Å². The van der Waals surface area contributed by atoms with Gasteiger partial charge in [0.15, 0.2) is 0 Å². The first-order valence-corrected chi connectivity index (χ1v) is 6.58. The van der Waals surface area contributed by atoms with E-state index in [9.17, 15) is 4.79 Å². The van der Waals surface area contributed by atoms with Crippen molar-refractivity contribution in [2.45, 2.75) is 65.1 Å². The van der Waals surface area contributed by atoms with E-state index >= 15 is 0 Å². The van der Waals surface area contributed by atoms with E-state index < -0.39 is 0 Å². The fourth-order valence-corrected chi connectivity index (χ4v) is 3.15. The van der Waals surface area contributed by atoms with Crippen LogP contribution in [0.25, 0.3) is 0 Å². The van der Waals surface area contributed by atoms with Crippen molar-refractivity contribution in [1.82, 2.24) is 10.2 Å². The molecular weight excluding hydrogens is 200 g/mol. The lowest BCUT2D eigenvalue weighted by Gasteiger charge is -2.38. The van der Waals surface area contributed by atoms with E-state index in [1.54, 1.807) is 0 Å². The van der Waals surface area contributed by atoms with Crippen molar-refractivity contribution in [3.8, 4) is 0 Å². The topological polar surface area (TPSA) is 32.3 Å². The number of hydrogen-bond acceptors (Lipinski definition) is 2. The zero-order valence-corrected chi connectivity index (χ0v) is 10.8. The molecule has 0 aromatic heterocycles. The SMILES string of the molecule is CC1NC(C)N(CC2(C)CCCCC2)C1=O. The Morgan fingerprint density at radius 3 is 2.44 bits per heavy atom. The maximum Gasteiger partial charge on any atom is 0.240 e. The maximum atomic E-state index is 12.0. The van der Waals surface area contributed by atoms with Crippen LogP contribution in [0.2, 0.25) is 0 Å². The normalized spacial score (nSPS) is 34.4. The summed E-state index contributed by atoms with van der Waals surface area (Å²) < 4.78 is 0. The molecule has 1 aliphatic carbocycles. The fourth-order valence-electron chi connectivity index (χ4n) is 3.15. The molecule has 1 heterocycles. The van der Waals surface area contributed by atoms with E-state index in [0.717, 1.165) is 6.54 Å². The molecule has 0 aromatic rings. The third kappa shape index (κ3) is 2.24. The second kappa shape index (κ2) is 4.36. The van der Waals surface area contributed by atoms with Crippen LogP contribution in [0.3, 0.4) is 0 Å². The van der Waals surface area contributed by atoms with Crippen LogP contribution in [0.15, 0.2) is 0 Å². The minimum absolute atomic E-state index is 0.00203. The van der Waals surface area contributed by atoms with E-state index in [0.29, 0.717) is 5.41 Å². The van der Waals surface area contributed by atoms with Gasteiger partial charge in [0.1, 0.15) is 0 Å². The van der Waals surface area contributed by atoms with Crippen LogP contribution >= 0.6 is 0 Å². The lowest BCUT2D eigenvalue weighted by Crippen LogP contribution is -2.43. The molecule has 92 valence electrons. The number of nitrogens with one attached hydrogen (secondary N) is 1. The summed E-state index contributed by atoms with van der Waals surface area (Å²) in [6.45, 7) is 7.33. The molecule has 2 rings (SSSR count). The first-order valence-electron chi connectivity index (χ1n) is 6.58. The first kappa shape index (κ1) is 11.9. The van der Waals surface area contributed by atoms with Crippen LogP contribution in [0.4, 0.5) is 0 Å². The summed E-state index contributed by atoms with van der Waals surface area (Å²) in [5, 5.41) is 3.30. The molecule has 1 saturated carbocycles. The van der Waals surface area contributed by atoms with Crippen LogP contribution in [0.5, 0.6) is 0 Å². The highest BCUT2D eigenvalue weighted by molar-refractivity contribution is 5.83. The number of carbonyl (C=O) groups excluding carboxylic acids is 1. The van der Waals surface area contributed by atoms with Gasteiger partial charge in [-0.1, -0.05) is 26.2 Å². The van der Waals surface area contributed by atoms with E-state index in [1.165, 1.54) is 32.1 Å². The highest BCUT2D eigenvalue weighted by Gasteiger charge is 2.38. The maximum absolute atomic E-state index is 12.0. The van der Waals surface area contributed by atoms with Crippen LogP contribution in [0, 0.1) is 5.41 Å². The fraction of sp³-hybridized carbons (Fsp3) is 0.923. The number of rotatable bonds is 2. The van der Waals surface area contributed by atoms with Gasteiger partial charge in [0.2, 0.25) is 5.91 Å². The Kier molecular flexibility index (Phi) is 3.24. The second-order valence-corrected chi connectivity index (χ2v) is 5.90. The third-order valence-corrected chi connectivity index (χ3v) is 4.22. The van der Waals surface area contributed by atoms with Gasteiger partial charge >= 0.3 is 0 Å². The zero-order chi connectivity index (χ0) is 11.8. The highest BCUT2D eigenvalue weighted by atomic mass is 16.2. The molecule has 3 heteroatoms. The Balaban J connectivity index is 2.00. The Hall–Kier alpha value is -0.570. The lowest BCUT2D eigenvalue weighted by atomic mass is 9.75. The molecule has 2 aliphatic rings. The highest BCUT2D eigenvalue weighted by Crippen LogP contribution is 2.37. The number of nitrogens with zero attached hydrogens (tertiary/aromatic N) is 1. The van der Waals surface area contributed by atoms with Crippen LogP contribution in [-0.2, 0) is 4.79 Å². The van der Waals surface area contributed by atoms with Gasteiger partial charge in [-0.25, -0.2) is 0 Å². The molecular formula is C13H24N2O. The lowest BCUT2D eigenvalue weighted by molar-refractivity contribution is -0.131. The average molecular weight is 224 g/mol.